The van der Waals surface area contributed by atoms with Gasteiger partial charge in [-0.1, -0.05) is 60.7 Å². The molecule has 2 aromatic rings. The van der Waals surface area contributed by atoms with E-state index >= 15 is 0 Å². The van der Waals surface area contributed by atoms with E-state index in [1.165, 1.54) is 0 Å². The molecule has 0 fully saturated rings. The van der Waals surface area contributed by atoms with Gasteiger partial charge in [0.05, 0.1) is 17.7 Å². The average Bonchev–Trinajstić information content (AvgIpc) is 2.61. The second kappa shape index (κ2) is 9.32. The van der Waals surface area contributed by atoms with E-state index in [2.05, 4.69) is 0 Å². The Kier molecular flexibility index (Phi) is 7.35. The largest absolute Gasteiger partial charge is 0.460 e. The minimum Gasteiger partial charge on any atom is -0.460 e. The van der Waals surface area contributed by atoms with Gasteiger partial charge in [0, 0.05) is 6.42 Å². The monoisotopic (exact) mass is 384 g/mol. The van der Waals surface area contributed by atoms with Crippen LogP contribution in [0.2, 0.25) is 0 Å². The molecule has 0 saturated carbocycles. The van der Waals surface area contributed by atoms with Gasteiger partial charge in [-0.3, -0.25) is 4.79 Å². The molecule has 0 saturated heterocycles. The molecule has 2 aromatic carbocycles. The van der Waals surface area contributed by atoms with Crippen molar-refractivity contribution < 1.29 is 14.6 Å². The highest BCUT2D eigenvalue weighted by Gasteiger charge is 2.31. The highest BCUT2D eigenvalue weighted by atomic mass is 16.6. The summed E-state index contributed by atoms with van der Waals surface area (Å²) in [5, 5.41) is 10.7. The second-order valence-electron chi connectivity index (χ2n) is 8.42. The van der Waals surface area contributed by atoms with Gasteiger partial charge in [0.25, 0.3) is 0 Å². The number of hydrogen-bond donors (Lipinski definition) is 3. The third-order valence-corrected chi connectivity index (χ3v) is 4.51. The van der Waals surface area contributed by atoms with Gasteiger partial charge < -0.3 is 21.3 Å². The van der Waals surface area contributed by atoms with Gasteiger partial charge in [-0.25, -0.2) is 0 Å². The van der Waals surface area contributed by atoms with E-state index in [4.69, 9.17) is 16.2 Å². The third-order valence-electron chi connectivity index (χ3n) is 4.51. The summed E-state index contributed by atoms with van der Waals surface area (Å²) >= 11 is 0. The van der Waals surface area contributed by atoms with Crippen LogP contribution in [0.3, 0.4) is 0 Å². The fraction of sp³-hybridized carbons (Fsp3) is 0.435. The number of hydrogen-bond acceptors (Lipinski definition) is 5. The highest BCUT2D eigenvalue weighted by molar-refractivity contribution is 5.73. The van der Waals surface area contributed by atoms with Crippen molar-refractivity contribution in [2.24, 2.45) is 17.4 Å². The van der Waals surface area contributed by atoms with Crippen LogP contribution >= 0.6 is 0 Å². The van der Waals surface area contributed by atoms with E-state index < -0.39 is 23.3 Å². The average molecular weight is 385 g/mol. The van der Waals surface area contributed by atoms with Crippen LogP contribution < -0.4 is 11.5 Å². The van der Waals surface area contributed by atoms with Crippen LogP contribution in [-0.2, 0) is 21.6 Å². The molecular weight excluding hydrogens is 352 g/mol. The number of esters is 1. The number of carbonyl (C=O) groups excluding carboxylic acids is 1. The third kappa shape index (κ3) is 7.08. The lowest BCUT2D eigenvalue weighted by Crippen LogP contribution is -2.49. The summed E-state index contributed by atoms with van der Waals surface area (Å²) in [5.74, 6) is -0.807. The first kappa shape index (κ1) is 22.1. The zero-order valence-electron chi connectivity index (χ0n) is 17.0. The standard InChI is InChI=1S/C23H32N2O3/c1-22(2,3)28-21(27)18(14-17-10-6-4-7-11-17)15-20(26)16-23(24,25)19-12-8-5-9-13-19/h4-13,18,20,26H,14-16,24-25H2,1-3H3. The van der Waals surface area contributed by atoms with E-state index in [0.29, 0.717) is 6.42 Å². The minimum atomic E-state index is -1.17. The first-order valence-electron chi connectivity index (χ1n) is 9.65. The van der Waals surface area contributed by atoms with Crippen molar-refractivity contribution in [3.05, 3.63) is 71.8 Å². The van der Waals surface area contributed by atoms with Gasteiger partial charge in [0.15, 0.2) is 0 Å². The Morgan fingerprint density at radius 3 is 2.07 bits per heavy atom. The van der Waals surface area contributed by atoms with Crippen LogP contribution in [0.1, 0.15) is 44.7 Å². The quantitative estimate of drug-likeness (QED) is 0.480. The van der Waals surface area contributed by atoms with Crippen molar-refractivity contribution in [3.63, 3.8) is 0 Å². The van der Waals surface area contributed by atoms with Crippen molar-refractivity contribution in [1.82, 2.24) is 0 Å². The lowest BCUT2D eigenvalue weighted by Gasteiger charge is -2.30. The Morgan fingerprint density at radius 1 is 1.00 bits per heavy atom. The summed E-state index contributed by atoms with van der Waals surface area (Å²) in [6.07, 6.45) is 0.0227. The second-order valence-corrected chi connectivity index (χ2v) is 8.42. The molecule has 152 valence electrons. The van der Waals surface area contributed by atoms with Crippen LogP contribution in [-0.4, -0.2) is 22.8 Å². The maximum absolute atomic E-state index is 12.7. The number of nitrogens with two attached hydrogens (primary N) is 2. The molecule has 0 radical (unpaired) electrons. The molecule has 5 heteroatoms. The molecule has 0 amide bonds. The Bertz CT molecular complexity index is 739. The Balaban J connectivity index is 2.10. The Morgan fingerprint density at radius 2 is 1.54 bits per heavy atom. The van der Waals surface area contributed by atoms with Crippen LogP contribution in [0.4, 0.5) is 0 Å². The molecular formula is C23H32N2O3. The number of ether oxygens (including phenoxy) is 1. The van der Waals surface area contributed by atoms with Gasteiger partial charge >= 0.3 is 5.97 Å². The van der Waals surface area contributed by atoms with E-state index in [1.807, 2.05) is 81.4 Å². The molecule has 2 rings (SSSR count). The zero-order valence-corrected chi connectivity index (χ0v) is 17.0. The number of aliphatic hydroxyl groups is 1. The molecule has 2 unspecified atom stereocenters. The molecule has 0 heterocycles. The lowest BCUT2D eigenvalue weighted by molar-refractivity contribution is -0.161. The molecule has 0 bridgehead atoms. The molecule has 28 heavy (non-hydrogen) atoms. The summed E-state index contributed by atoms with van der Waals surface area (Å²) in [5.41, 5.74) is 12.5. The molecule has 0 aromatic heterocycles. The zero-order chi connectivity index (χ0) is 20.8. The number of benzene rings is 2. The lowest BCUT2D eigenvalue weighted by atomic mass is 9.88. The van der Waals surface area contributed by atoms with Crippen molar-refractivity contribution in [2.75, 3.05) is 0 Å². The smallest absolute Gasteiger partial charge is 0.309 e. The summed E-state index contributed by atoms with van der Waals surface area (Å²) in [7, 11) is 0. The summed E-state index contributed by atoms with van der Waals surface area (Å²) in [6.45, 7) is 5.50. The normalized spacial score (nSPS) is 14.4. The van der Waals surface area contributed by atoms with E-state index in [1.54, 1.807) is 0 Å². The van der Waals surface area contributed by atoms with E-state index in [9.17, 15) is 9.90 Å². The Hall–Kier alpha value is -2.21. The van der Waals surface area contributed by atoms with Crippen LogP contribution in [0.15, 0.2) is 60.7 Å². The Labute approximate surface area is 167 Å². The fourth-order valence-electron chi connectivity index (χ4n) is 3.21. The van der Waals surface area contributed by atoms with E-state index in [-0.39, 0.29) is 18.8 Å². The van der Waals surface area contributed by atoms with Crippen molar-refractivity contribution in [1.29, 1.82) is 0 Å². The number of rotatable bonds is 8. The predicted molar refractivity (Wildman–Crippen MR) is 111 cm³/mol. The maximum atomic E-state index is 12.7. The van der Waals surface area contributed by atoms with Gasteiger partial charge in [0.1, 0.15) is 5.60 Å². The molecule has 0 spiro atoms. The van der Waals surface area contributed by atoms with Crippen molar-refractivity contribution in [3.8, 4) is 0 Å². The summed E-state index contributed by atoms with van der Waals surface area (Å²) < 4.78 is 5.58. The number of carbonyl (C=O) groups is 1. The van der Waals surface area contributed by atoms with Crippen LogP contribution in [0.25, 0.3) is 0 Å². The van der Waals surface area contributed by atoms with Crippen LogP contribution in [0, 0.1) is 5.92 Å². The first-order valence-corrected chi connectivity index (χ1v) is 9.65. The highest BCUT2D eigenvalue weighted by Crippen LogP contribution is 2.25. The number of aliphatic hydroxyl groups excluding tert-OH is 1. The van der Waals surface area contributed by atoms with Gasteiger partial charge in [-0.05, 0) is 44.7 Å². The molecule has 0 aliphatic carbocycles. The molecule has 0 aliphatic rings. The fourth-order valence-corrected chi connectivity index (χ4v) is 3.21. The first-order chi connectivity index (χ1) is 13.1. The molecule has 0 aliphatic heterocycles. The predicted octanol–water partition coefficient (Wildman–Crippen LogP) is 3.10. The minimum absolute atomic E-state index is 0.144. The summed E-state index contributed by atoms with van der Waals surface area (Å²) in [4.78, 5) is 12.7. The van der Waals surface area contributed by atoms with Gasteiger partial charge in [0.2, 0.25) is 0 Å². The van der Waals surface area contributed by atoms with Crippen molar-refractivity contribution in [2.45, 2.75) is 57.4 Å². The molecule has 2 atom stereocenters. The molecule has 5 nitrogen and oxygen atoms in total. The SMILES string of the molecule is CC(C)(C)OC(=O)C(Cc1ccccc1)CC(O)CC(N)(N)c1ccccc1. The van der Waals surface area contributed by atoms with Gasteiger partial charge in [-0.2, -0.15) is 0 Å². The summed E-state index contributed by atoms with van der Waals surface area (Å²) in [6, 6.07) is 19.0. The van der Waals surface area contributed by atoms with Crippen molar-refractivity contribution >= 4 is 5.97 Å². The van der Waals surface area contributed by atoms with Crippen LogP contribution in [0.5, 0.6) is 0 Å². The topological polar surface area (TPSA) is 98.6 Å². The maximum Gasteiger partial charge on any atom is 0.309 e. The van der Waals surface area contributed by atoms with Gasteiger partial charge in [-0.15, -0.1) is 0 Å². The molecule has 5 N–H and O–H groups in total. The van der Waals surface area contributed by atoms with E-state index in [0.717, 1.165) is 11.1 Å².